The molecule has 1 aliphatic heterocycles. The van der Waals surface area contributed by atoms with Crippen LogP contribution in [0, 0.1) is 5.92 Å². The van der Waals surface area contributed by atoms with Crippen LogP contribution in [0.2, 0.25) is 0 Å². The summed E-state index contributed by atoms with van der Waals surface area (Å²) in [5.41, 5.74) is 0.765. The van der Waals surface area contributed by atoms with E-state index < -0.39 is 16.1 Å². The molecule has 1 aromatic rings. The molecule has 1 heterocycles. The first-order chi connectivity index (χ1) is 14.2. The van der Waals surface area contributed by atoms with Gasteiger partial charge in [0.25, 0.3) is 0 Å². The van der Waals surface area contributed by atoms with Gasteiger partial charge in [0.1, 0.15) is 5.75 Å². The summed E-state index contributed by atoms with van der Waals surface area (Å²) >= 11 is 0. The van der Waals surface area contributed by atoms with Crippen molar-refractivity contribution in [3.63, 3.8) is 0 Å². The van der Waals surface area contributed by atoms with Crippen molar-refractivity contribution >= 4 is 16.0 Å². The van der Waals surface area contributed by atoms with Gasteiger partial charge in [-0.1, -0.05) is 12.1 Å². The number of aliphatic hydroxyl groups excluding tert-OH is 1. The van der Waals surface area contributed by atoms with Gasteiger partial charge in [0.2, 0.25) is 10.0 Å². The van der Waals surface area contributed by atoms with Crippen molar-refractivity contribution in [3.8, 4) is 5.75 Å². The molecule has 3 N–H and O–H groups in total. The molecule has 0 amide bonds. The van der Waals surface area contributed by atoms with E-state index in [0.29, 0.717) is 31.5 Å². The average molecular weight is 441 g/mol. The van der Waals surface area contributed by atoms with Gasteiger partial charge < -0.3 is 20.5 Å². The third-order valence-corrected chi connectivity index (χ3v) is 6.29. The summed E-state index contributed by atoms with van der Waals surface area (Å²) in [5.74, 6) is 1.77. The molecule has 0 bridgehead atoms. The highest BCUT2D eigenvalue weighted by Gasteiger charge is 2.24. The molecule has 1 unspecified atom stereocenters. The lowest BCUT2D eigenvalue weighted by Gasteiger charge is -2.30. The number of hydrogen-bond acceptors (Lipinski definition) is 5. The summed E-state index contributed by atoms with van der Waals surface area (Å²) in [4.78, 5) is 4.52. The maximum Gasteiger partial charge on any atom is 0.211 e. The number of piperidine rings is 1. The monoisotopic (exact) mass is 440 g/mol. The van der Waals surface area contributed by atoms with E-state index in [1.165, 1.54) is 10.6 Å². The molecule has 1 fully saturated rings. The van der Waals surface area contributed by atoms with Crippen LogP contribution in [0.5, 0.6) is 5.75 Å². The van der Waals surface area contributed by atoms with Gasteiger partial charge >= 0.3 is 0 Å². The zero-order valence-corrected chi connectivity index (χ0v) is 19.3. The van der Waals surface area contributed by atoms with Gasteiger partial charge in [-0.3, -0.25) is 4.99 Å². The Morgan fingerprint density at radius 1 is 1.30 bits per heavy atom. The number of hydrogen-bond donors (Lipinski definition) is 3. The Balaban J connectivity index is 1.88. The molecule has 0 radical (unpaired) electrons. The molecule has 0 aliphatic carbocycles. The number of sulfonamides is 1. The van der Waals surface area contributed by atoms with Gasteiger partial charge in [-0.25, -0.2) is 12.7 Å². The Morgan fingerprint density at radius 3 is 2.60 bits per heavy atom. The van der Waals surface area contributed by atoms with Crippen molar-refractivity contribution in [3.05, 3.63) is 29.8 Å². The van der Waals surface area contributed by atoms with E-state index >= 15 is 0 Å². The molecule has 0 saturated carbocycles. The summed E-state index contributed by atoms with van der Waals surface area (Å²) in [6.07, 6.45) is 2.26. The van der Waals surface area contributed by atoms with Gasteiger partial charge in [-0.05, 0) is 57.2 Å². The van der Waals surface area contributed by atoms with Crippen LogP contribution in [0.1, 0.15) is 45.3 Å². The van der Waals surface area contributed by atoms with Crippen molar-refractivity contribution < 1.29 is 18.3 Å². The quantitative estimate of drug-likeness (QED) is 0.399. The lowest BCUT2D eigenvalue weighted by molar-refractivity contribution is 0.185. The van der Waals surface area contributed by atoms with E-state index in [0.717, 1.165) is 30.7 Å². The van der Waals surface area contributed by atoms with E-state index in [1.807, 2.05) is 45.0 Å². The van der Waals surface area contributed by atoms with Crippen LogP contribution in [0.3, 0.4) is 0 Å². The van der Waals surface area contributed by atoms with Crippen LogP contribution in [-0.4, -0.2) is 68.9 Å². The largest absolute Gasteiger partial charge is 0.491 e. The molecule has 8 nitrogen and oxygen atoms in total. The molecular formula is C21H36N4O4S. The molecule has 1 aliphatic rings. The molecule has 30 heavy (non-hydrogen) atoms. The fourth-order valence-corrected chi connectivity index (χ4v) is 4.25. The lowest BCUT2D eigenvalue weighted by Crippen LogP contribution is -2.44. The predicted octanol–water partition coefficient (Wildman–Crippen LogP) is 1.73. The molecule has 170 valence electrons. The number of nitrogens with one attached hydrogen (secondary N) is 2. The molecule has 2 rings (SSSR count). The molecule has 0 aromatic heterocycles. The zero-order chi connectivity index (χ0) is 22.1. The number of nitrogens with zero attached hydrogens (tertiary/aromatic N) is 2. The fraction of sp³-hybridized carbons (Fsp3) is 0.667. The molecule has 1 saturated heterocycles. The molecule has 0 spiro atoms. The Morgan fingerprint density at radius 2 is 2.00 bits per heavy atom. The van der Waals surface area contributed by atoms with Gasteiger partial charge in [0.15, 0.2) is 5.96 Å². The summed E-state index contributed by atoms with van der Waals surface area (Å²) in [6, 6.07) is 7.45. The topological polar surface area (TPSA) is 103 Å². The second-order valence-electron chi connectivity index (χ2n) is 7.96. The maximum atomic E-state index is 11.6. The van der Waals surface area contributed by atoms with Crippen molar-refractivity contribution in [2.24, 2.45) is 10.9 Å². The van der Waals surface area contributed by atoms with Crippen LogP contribution < -0.4 is 15.4 Å². The van der Waals surface area contributed by atoms with E-state index in [4.69, 9.17) is 4.74 Å². The minimum atomic E-state index is -3.10. The lowest BCUT2D eigenvalue weighted by atomic mass is 9.98. The molecule has 1 atom stereocenters. The van der Waals surface area contributed by atoms with Crippen LogP contribution >= 0.6 is 0 Å². The normalized spacial score (nSPS) is 17.7. The number of aliphatic imine (C=N–C) groups is 1. The van der Waals surface area contributed by atoms with E-state index in [2.05, 4.69) is 15.6 Å². The van der Waals surface area contributed by atoms with E-state index in [9.17, 15) is 13.5 Å². The van der Waals surface area contributed by atoms with Crippen LogP contribution in [0.15, 0.2) is 29.3 Å². The molecule has 9 heteroatoms. The molecule has 1 aromatic carbocycles. The van der Waals surface area contributed by atoms with Crippen LogP contribution in [0.4, 0.5) is 0 Å². The predicted molar refractivity (Wildman–Crippen MR) is 120 cm³/mol. The van der Waals surface area contributed by atoms with Gasteiger partial charge in [-0.15, -0.1) is 0 Å². The number of aliphatic hydroxyl groups is 1. The number of rotatable bonds is 9. The third kappa shape index (κ3) is 8.12. The second kappa shape index (κ2) is 11.5. The average Bonchev–Trinajstić information content (AvgIpc) is 2.69. The van der Waals surface area contributed by atoms with Crippen molar-refractivity contribution in [2.45, 2.75) is 45.8 Å². The van der Waals surface area contributed by atoms with Crippen molar-refractivity contribution in [1.82, 2.24) is 14.9 Å². The number of ether oxygens (including phenoxy) is 1. The summed E-state index contributed by atoms with van der Waals surface area (Å²) in [7, 11) is -3.10. The van der Waals surface area contributed by atoms with Crippen LogP contribution in [-0.2, 0) is 10.0 Å². The fourth-order valence-electron chi connectivity index (χ4n) is 3.38. The van der Waals surface area contributed by atoms with Gasteiger partial charge in [0.05, 0.1) is 25.0 Å². The SMILES string of the molecule is CCNC(=NCC(O)c1cccc(OC(C)C)c1)NCC1CCN(S(C)(=O)=O)CC1. The standard InChI is InChI=1S/C21H36N4O4S/c1-5-22-21(23-14-17-9-11-25(12-10-17)30(4,27)28)24-15-20(26)18-7-6-8-19(13-18)29-16(2)3/h6-8,13,16-17,20,26H,5,9-12,14-15H2,1-4H3,(H2,22,23,24). The minimum absolute atomic E-state index is 0.0734. The highest BCUT2D eigenvalue weighted by Crippen LogP contribution is 2.21. The Labute approximate surface area is 180 Å². The van der Waals surface area contributed by atoms with Crippen LogP contribution in [0.25, 0.3) is 0 Å². The third-order valence-electron chi connectivity index (χ3n) is 4.98. The highest BCUT2D eigenvalue weighted by molar-refractivity contribution is 7.88. The first kappa shape index (κ1) is 24.4. The van der Waals surface area contributed by atoms with Crippen molar-refractivity contribution in [2.75, 3.05) is 39.0 Å². The Bertz CT molecular complexity index is 790. The second-order valence-corrected chi connectivity index (χ2v) is 9.94. The van der Waals surface area contributed by atoms with Gasteiger partial charge in [0, 0.05) is 26.2 Å². The van der Waals surface area contributed by atoms with E-state index in [-0.39, 0.29) is 12.6 Å². The summed E-state index contributed by atoms with van der Waals surface area (Å²) in [6.45, 7) is 8.71. The summed E-state index contributed by atoms with van der Waals surface area (Å²) in [5, 5.41) is 17.1. The number of benzene rings is 1. The Hall–Kier alpha value is -1.84. The minimum Gasteiger partial charge on any atom is -0.491 e. The highest BCUT2D eigenvalue weighted by atomic mass is 32.2. The number of guanidine groups is 1. The Kier molecular flexibility index (Phi) is 9.38. The van der Waals surface area contributed by atoms with Gasteiger partial charge in [-0.2, -0.15) is 0 Å². The zero-order valence-electron chi connectivity index (χ0n) is 18.5. The smallest absolute Gasteiger partial charge is 0.211 e. The first-order valence-electron chi connectivity index (χ1n) is 10.6. The maximum absolute atomic E-state index is 11.6. The van der Waals surface area contributed by atoms with Crippen molar-refractivity contribution in [1.29, 1.82) is 0 Å². The summed E-state index contributed by atoms with van der Waals surface area (Å²) < 4.78 is 30.5. The first-order valence-corrected chi connectivity index (χ1v) is 12.5. The van der Waals surface area contributed by atoms with E-state index in [1.54, 1.807) is 0 Å². The molecular weight excluding hydrogens is 404 g/mol.